The van der Waals surface area contributed by atoms with Gasteiger partial charge in [-0.05, 0) is 38.0 Å². The fraction of sp³-hybridized carbons (Fsp3) is 0.600. The molecule has 0 amide bonds. The van der Waals surface area contributed by atoms with Crippen molar-refractivity contribution in [1.82, 2.24) is 0 Å². The van der Waals surface area contributed by atoms with Crippen molar-refractivity contribution >= 4 is 17.3 Å². The van der Waals surface area contributed by atoms with Crippen LogP contribution in [0.5, 0.6) is 5.75 Å². The predicted molar refractivity (Wildman–Crippen MR) is 79.8 cm³/mol. The Labute approximate surface area is 116 Å². The average molecular weight is 270 g/mol. The van der Waals surface area contributed by atoms with Crippen molar-refractivity contribution in [2.45, 2.75) is 52.5 Å². The number of nitrogens with one attached hydrogen (secondary N) is 1. The van der Waals surface area contributed by atoms with Crippen LogP contribution in [0.3, 0.4) is 0 Å². The third-order valence-corrected chi connectivity index (χ3v) is 3.24. The van der Waals surface area contributed by atoms with Gasteiger partial charge in [-0.15, -0.1) is 0 Å². The van der Waals surface area contributed by atoms with Crippen molar-refractivity contribution in [2.24, 2.45) is 0 Å². The Hall–Kier alpha value is -0.890. The van der Waals surface area contributed by atoms with Crippen molar-refractivity contribution in [3.63, 3.8) is 0 Å². The number of halogens is 1. The molecule has 0 bridgehead atoms. The lowest BCUT2D eigenvalue weighted by atomic mass is 10.1. The molecule has 0 heterocycles. The highest BCUT2D eigenvalue weighted by Gasteiger charge is 2.10. The molecule has 0 spiro atoms. The lowest BCUT2D eigenvalue weighted by molar-refractivity contribution is 0.341. The number of anilines is 1. The van der Waals surface area contributed by atoms with Gasteiger partial charge in [0, 0.05) is 11.1 Å². The summed E-state index contributed by atoms with van der Waals surface area (Å²) in [6.45, 7) is 7.09. The highest BCUT2D eigenvalue weighted by molar-refractivity contribution is 6.30. The number of ether oxygens (including phenoxy) is 1. The summed E-state index contributed by atoms with van der Waals surface area (Å²) in [6.07, 6.45) is 4.77. The molecule has 0 fully saturated rings. The maximum atomic E-state index is 6.05. The predicted octanol–water partition coefficient (Wildman–Crippen LogP) is 5.12. The molecule has 1 N–H and O–H groups in total. The second kappa shape index (κ2) is 8.25. The van der Waals surface area contributed by atoms with Crippen LogP contribution in [-0.2, 0) is 0 Å². The van der Waals surface area contributed by atoms with E-state index in [1.807, 2.05) is 25.1 Å². The van der Waals surface area contributed by atoms with Gasteiger partial charge >= 0.3 is 0 Å². The Morgan fingerprint density at radius 1 is 1.28 bits per heavy atom. The van der Waals surface area contributed by atoms with Gasteiger partial charge in [0.15, 0.2) is 0 Å². The fourth-order valence-electron chi connectivity index (χ4n) is 1.95. The van der Waals surface area contributed by atoms with Crippen LogP contribution in [0, 0.1) is 0 Å². The zero-order valence-electron chi connectivity index (χ0n) is 11.6. The molecule has 1 aromatic rings. The van der Waals surface area contributed by atoms with Gasteiger partial charge in [0.05, 0.1) is 12.3 Å². The lowest BCUT2D eigenvalue weighted by Gasteiger charge is -2.20. The van der Waals surface area contributed by atoms with E-state index >= 15 is 0 Å². The van der Waals surface area contributed by atoms with Crippen molar-refractivity contribution in [3.05, 3.63) is 23.2 Å². The first-order chi connectivity index (χ1) is 8.71. The minimum absolute atomic E-state index is 0.489. The summed E-state index contributed by atoms with van der Waals surface area (Å²) < 4.78 is 5.62. The topological polar surface area (TPSA) is 21.3 Å². The normalized spacial score (nSPS) is 12.2. The molecule has 18 heavy (non-hydrogen) atoms. The highest BCUT2D eigenvalue weighted by Crippen LogP contribution is 2.29. The summed E-state index contributed by atoms with van der Waals surface area (Å²) in [5.74, 6) is 0.886. The molecule has 0 aromatic heterocycles. The van der Waals surface area contributed by atoms with Gasteiger partial charge in [0.25, 0.3) is 0 Å². The molecule has 0 aliphatic rings. The van der Waals surface area contributed by atoms with Crippen molar-refractivity contribution in [1.29, 1.82) is 0 Å². The van der Waals surface area contributed by atoms with Gasteiger partial charge in [-0.25, -0.2) is 0 Å². The highest BCUT2D eigenvalue weighted by atomic mass is 35.5. The van der Waals surface area contributed by atoms with Crippen LogP contribution >= 0.6 is 11.6 Å². The lowest BCUT2D eigenvalue weighted by Crippen LogP contribution is -2.18. The molecule has 1 aromatic carbocycles. The molecule has 2 nitrogen and oxygen atoms in total. The number of rotatable bonds is 8. The molecule has 0 radical (unpaired) electrons. The molecule has 0 aliphatic carbocycles. The standard InChI is InChI=1S/C15H24ClNO/c1-4-7-8-13(5-2)17-14-11-12(16)9-10-15(14)18-6-3/h9-11,13,17H,4-8H2,1-3H3. The monoisotopic (exact) mass is 269 g/mol. The molecular weight excluding hydrogens is 246 g/mol. The maximum absolute atomic E-state index is 6.05. The van der Waals surface area contributed by atoms with E-state index in [1.165, 1.54) is 19.3 Å². The molecule has 1 atom stereocenters. The minimum atomic E-state index is 0.489. The quantitative estimate of drug-likeness (QED) is 0.707. The molecule has 0 saturated carbocycles. The molecule has 102 valence electrons. The summed E-state index contributed by atoms with van der Waals surface area (Å²) >= 11 is 6.05. The van der Waals surface area contributed by atoms with E-state index in [-0.39, 0.29) is 0 Å². The average Bonchev–Trinajstić information content (AvgIpc) is 2.37. The summed E-state index contributed by atoms with van der Waals surface area (Å²) in [5.41, 5.74) is 1.01. The maximum Gasteiger partial charge on any atom is 0.142 e. The molecule has 3 heteroatoms. The number of hydrogen-bond donors (Lipinski definition) is 1. The zero-order valence-corrected chi connectivity index (χ0v) is 12.4. The number of unbranched alkanes of at least 4 members (excludes halogenated alkanes) is 1. The largest absolute Gasteiger partial charge is 0.492 e. The van der Waals surface area contributed by atoms with Crippen LogP contribution in [0.2, 0.25) is 5.02 Å². The molecule has 0 aliphatic heterocycles. The smallest absolute Gasteiger partial charge is 0.142 e. The van der Waals surface area contributed by atoms with Crippen LogP contribution in [0.4, 0.5) is 5.69 Å². The summed E-state index contributed by atoms with van der Waals surface area (Å²) in [7, 11) is 0. The van der Waals surface area contributed by atoms with Crippen LogP contribution in [0.15, 0.2) is 18.2 Å². The van der Waals surface area contributed by atoms with Gasteiger partial charge in [0.2, 0.25) is 0 Å². The van der Waals surface area contributed by atoms with Crippen LogP contribution in [0.1, 0.15) is 46.5 Å². The second-order valence-corrected chi connectivity index (χ2v) is 4.90. The number of benzene rings is 1. The van der Waals surface area contributed by atoms with Gasteiger partial charge in [-0.2, -0.15) is 0 Å². The molecule has 0 saturated heterocycles. The van der Waals surface area contributed by atoms with Crippen molar-refractivity contribution in [3.8, 4) is 5.75 Å². The zero-order chi connectivity index (χ0) is 13.4. The first-order valence-electron chi connectivity index (χ1n) is 6.90. The van der Waals surface area contributed by atoms with Crippen LogP contribution in [-0.4, -0.2) is 12.6 Å². The Kier molecular flexibility index (Phi) is 6.96. The van der Waals surface area contributed by atoms with Crippen LogP contribution < -0.4 is 10.1 Å². The molecule has 1 rings (SSSR count). The van der Waals surface area contributed by atoms with E-state index in [0.29, 0.717) is 12.6 Å². The van der Waals surface area contributed by atoms with Crippen LogP contribution in [0.25, 0.3) is 0 Å². The van der Waals surface area contributed by atoms with E-state index in [0.717, 1.165) is 22.9 Å². The van der Waals surface area contributed by atoms with Gasteiger partial charge in [0.1, 0.15) is 5.75 Å². The van der Waals surface area contributed by atoms with Gasteiger partial charge in [-0.1, -0.05) is 38.3 Å². The SMILES string of the molecule is CCCCC(CC)Nc1cc(Cl)ccc1OCC. The Bertz CT molecular complexity index is 354. The Morgan fingerprint density at radius 2 is 2.06 bits per heavy atom. The summed E-state index contributed by atoms with van der Waals surface area (Å²) in [6, 6.07) is 6.23. The van der Waals surface area contributed by atoms with E-state index in [1.54, 1.807) is 0 Å². The summed E-state index contributed by atoms with van der Waals surface area (Å²) in [5, 5.41) is 4.29. The van der Waals surface area contributed by atoms with E-state index in [9.17, 15) is 0 Å². The van der Waals surface area contributed by atoms with E-state index in [2.05, 4.69) is 19.2 Å². The van der Waals surface area contributed by atoms with Gasteiger partial charge < -0.3 is 10.1 Å². The van der Waals surface area contributed by atoms with Gasteiger partial charge in [-0.3, -0.25) is 0 Å². The Balaban J connectivity index is 2.76. The number of hydrogen-bond acceptors (Lipinski definition) is 2. The van der Waals surface area contributed by atoms with Crippen molar-refractivity contribution in [2.75, 3.05) is 11.9 Å². The van der Waals surface area contributed by atoms with E-state index in [4.69, 9.17) is 16.3 Å². The molecular formula is C15H24ClNO. The second-order valence-electron chi connectivity index (χ2n) is 4.47. The summed E-state index contributed by atoms with van der Waals surface area (Å²) in [4.78, 5) is 0. The minimum Gasteiger partial charge on any atom is -0.492 e. The first-order valence-corrected chi connectivity index (χ1v) is 7.27. The van der Waals surface area contributed by atoms with Crippen molar-refractivity contribution < 1.29 is 4.74 Å². The Morgan fingerprint density at radius 3 is 2.67 bits per heavy atom. The molecule has 1 unspecified atom stereocenters. The van der Waals surface area contributed by atoms with E-state index < -0.39 is 0 Å². The fourth-order valence-corrected chi connectivity index (χ4v) is 2.12. The third kappa shape index (κ3) is 4.77. The third-order valence-electron chi connectivity index (χ3n) is 3.00. The first kappa shape index (κ1) is 15.2.